The number of aliphatic hydroxyl groups is 1. The van der Waals surface area contributed by atoms with E-state index < -0.39 is 61.4 Å². The Balaban J connectivity index is 1.07. The van der Waals surface area contributed by atoms with Crippen molar-refractivity contribution in [2.45, 2.75) is 101 Å². The van der Waals surface area contributed by atoms with Gasteiger partial charge >= 0.3 is 0 Å². The summed E-state index contributed by atoms with van der Waals surface area (Å²) < 4.78 is 65.9. The van der Waals surface area contributed by atoms with Gasteiger partial charge in [-0.25, -0.2) is 0 Å². The Kier molecular flexibility index (Phi) is 18.0. The van der Waals surface area contributed by atoms with E-state index in [-0.39, 0.29) is 39.6 Å². The molecule has 346 valence electrons. The highest BCUT2D eigenvalue weighted by Gasteiger charge is 2.51. The zero-order chi connectivity index (χ0) is 45.2. The lowest BCUT2D eigenvalue weighted by molar-refractivity contribution is -0.346. The zero-order valence-electron chi connectivity index (χ0n) is 37.3. The second kappa shape index (κ2) is 25.1. The first-order chi connectivity index (χ1) is 32.6. The fourth-order valence-corrected chi connectivity index (χ4v) is 8.22. The van der Waals surface area contributed by atoms with Crippen molar-refractivity contribution in [1.29, 1.82) is 0 Å². The van der Waals surface area contributed by atoms with Gasteiger partial charge in [-0.15, -0.1) is 0 Å². The molecule has 0 unspecified atom stereocenters. The molecule has 0 aromatic heterocycles. The van der Waals surface area contributed by atoms with Crippen LogP contribution in [0.1, 0.15) is 33.4 Å². The molecule has 2 fully saturated rings. The molecule has 6 aromatic carbocycles. The van der Waals surface area contributed by atoms with E-state index in [1.165, 1.54) is 0 Å². The van der Waals surface area contributed by atoms with Crippen LogP contribution in [-0.4, -0.2) is 86.8 Å². The van der Waals surface area contributed by atoms with Crippen LogP contribution in [0.15, 0.2) is 182 Å². The molecule has 6 aromatic rings. The molecule has 11 nitrogen and oxygen atoms in total. The normalized spacial score (nSPS) is 25.4. The molecule has 66 heavy (non-hydrogen) atoms. The van der Waals surface area contributed by atoms with E-state index in [9.17, 15) is 5.11 Å². The second-order valence-electron chi connectivity index (χ2n) is 16.5. The topological polar surface area (TPSA) is 113 Å². The maximum absolute atomic E-state index is 12.3. The van der Waals surface area contributed by atoms with Crippen molar-refractivity contribution in [3.05, 3.63) is 215 Å². The summed E-state index contributed by atoms with van der Waals surface area (Å²) in [5, 5.41) is 12.3. The third-order valence-corrected chi connectivity index (χ3v) is 11.7. The third-order valence-electron chi connectivity index (χ3n) is 11.7. The van der Waals surface area contributed by atoms with Crippen LogP contribution in [0.2, 0.25) is 0 Å². The summed E-state index contributed by atoms with van der Waals surface area (Å²) in [4.78, 5) is 0. The van der Waals surface area contributed by atoms with Crippen molar-refractivity contribution < 1.29 is 52.5 Å². The smallest absolute Gasteiger partial charge is 0.186 e. The molecule has 0 amide bonds. The van der Waals surface area contributed by atoms with Gasteiger partial charge < -0.3 is 52.5 Å². The largest absolute Gasteiger partial charge is 0.385 e. The zero-order valence-corrected chi connectivity index (χ0v) is 37.3. The van der Waals surface area contributed by atoms with Gasteiger partial charge in [-0.1, -0.05) is 182 Å². The van der Waals surface area contributed by atoms with Crippen LogP contribution in [-0.2, 0) is 87.0 Å². The molecule has 8 rings (SSSR count). The average Bonchev–Trinajstić information content (AvgIpc) is 3.37. The summed E-state index contributed by atoms with van der Waals surface area (Å²) in [6.45, 7) is 1.74. The molecule has 2 saturated heterocycles. The van der Waals surface area contributed by atoms with Gasteiger partial charge in [0.1, 0.15) is 48.8 Å². The van der Waals surface area contributed by atoms with Gasteiger partial charge in [-0.05, 0) is 33.4 Å². The van der Waals surface area contributed by atoms with Gasteiger partial charge in [0.2, 0.25) is 0 Å². The van der Waals surface area contributed by atoms with Gasteiger partial charge in [0, 0.05) is 7.11 Å². The Hall–Kier alpha value is -5.12. The van der Waals surface area contributed by atoms with E-state index in [0.717, 1.165) is 33.4 Å². The molecule has 2 aliphatic rings. The van der Waals surface area contributed by atoms with E-state index in [1.54, 1.807) is 7.11 Å². The molecular formula is C55H60O11. The monoisotopic (exact) mass is 896 g/mol. The van der Waals surface area contributed by atoms with Crippen LogP contribution in [0, 0.1) is 0 Å². The molecule has 11 heteroatoms. The van der Waals surface area contributed by atoms with Crippen LogP contribution in [0.4, 0.5) is 0 Å². The maximum atomic E-state index is 12.3. The Labute approximate surface area is 388 Å². The van der Waals surface area contributed by atoms with Gasteiger partial charge in [-0.2, -0.15) is 0 Å². The Morgan fingerprint density at radius 3 is 1.08 bits per heavy atom. The maximum Gasteiger partial charge on any atom is 0.186 e. The van der Waals surface area contributed by atoms with Crippen LogP contribution in [0.3, 0.4) is 0 Å². The highest BCUT2D eigenvalue weighted by molar-refractivity contribution is 5.18. The number of ether oxygens (including phenoxy) is 10. The lowest BCUT2D eigenvalue weighted by Crippen LogP contribution is -2.63. The summed E-state index contributed by atoms with van der Waals surface area (Å²) in [5.41, 5.74) is 5.87. The van der Waals surface area contributed by atoms with Crippen molar-refractivity contribution >= 4 is 0 Å². The summed E-state index contributed by atoms with van der Waals surface area (Å²) in [5.74, 6) is 0. The molecule has 10 atom stereocenters. The van der Waals surface area contributed by atoms with Gasteiger partial charge in [0.05, 0.1) is 52.9 Å². The number of methoxy groups -OCH3 is 1. The summed E-state index contributed by atoms with van der Waals surface area (Å²) in [6, 6.07) is 59.5. The van der Waals surface area contributed by atoms with Crippen LogP contribution >= 0.6 is 0 Å². The summed E-state index contributed by atoms with van der Waals surface area (Å²) >= 11 is 0. The van der Waals surface area contributed by atoms with E-state index in [4.69, 9.17) is 47.4 Å². The molecule has 2 heterocycles. The fraction of sp³-hybridized carbons (Fsp3) is 0.345. The molecule has 0 radical (unpaired) electrons. The van der Waals surface area contributed by atoms with Crippen molar-refractivity contribution in [1.82, 2.24) is 0 Å². The van der Waals surface area contributed by atoms with Crippen LogP contribution < -0.4 is 0 Å². The molecular weight excluding hydrogens is 837 g/mol. The molecule has 0 bridgehead atoms. The lowest BCUT2D eigenvalue weighted by Gasteiger charge is -2.47. The van der Waals surface area contributed by atoms with Gasteiger partial charge in [0.25, 0.3) is 0 Å². The predicted molar refractivity (Wildman–Crippen MR) is 247 cm³/mol. The standard InChI is InChI=1S/C55H60O11/c1-57-55-53(63-37-45-30-18-7-19-31-45)52(62-36-44-28-16-6-17-29-44)50(60-34-42-24-12-4-13-25-42)47(66-55)39-64-54-48(56)51(61-35-43-26-14-5-15-27-43)49(59-33-41-22-10-3-11-23-41)46(65-54)38-58-32-40-20-8-2-9-21-40/h2-31,46-56H,32-39H2,1H3/t46-,47-,48-,49-,50-,51-,52+,53-,54-,55+/m1/s1. The predicted octanol–water partition coefficient (Wildman–Crippen LogP) is 8.60. The highest BCUT2D eigenvalue weighted by atomic mass is 16.7. The van der Waals surface area contributed by atoms with Gasteiger partial charge in [-0.3, -0.25) is 0 Å². The lowest BCUT2D eigenvalue weighted by atomic mass is 9.97. The first kappa shape index (κ1) is 47.4. The molecule has 0 spiro atoms. The quantitative estimate of drug-likeness (QED) is 0.0668. The fourth-order valence-electron chi connectivity index (χ4n) is 8.22. The first-order valence-electron chi connectivity index (χ1n) is 22.6. The van der Waals surface area contributed by atoms with Crippen molar-refractivity contribution in [3.8, 4) is 0 Å². The number of hydrogen-bond acceptors (Lipinski definition) is 11. The molecule has 0 saturated carbocycles. The molecule has 0 aliphatic carbocycles. The Morgan fingerprint density at radius 2 is 0.667 bits per heavy atom. The van der Waals surface area contributed by atoms with E-state index >= 15 is 0 Å². The van der Waals surface area contributed by atoms with Crippen molar-refractivity contribution in [2.24, 2.45) is 0 Å². The highest BCUT2D eigenvalue weighted by Crippen LogP contribution is 2.34. The number of aliphatic hydroxyl groups excluding tert-OH is 1. The van der Waals surface area contributed by atoms with E-state index in [2.05, 4.69) is 0 Å². The van der Waals surface area contributed by atoms with Crippen LogP contribution in [0.25, 0.3) is 0 Å². The first-order valence-corrected chi connectivity index (χ1v) is 22.6. The summed E-state index contributed by atoms with van der Waals surface area (Å²) in [7, 11) is 1.58. The number of rotatable bonds is 23. The summed E-state index contributed by atoms with van der Waals surface area (Å²) in [6.07, 6.45) is -8.50. The number of benzene rings is 6. The van der Waals surface area contributed by atoms with Crippen LogP contribution in [0.5, 0.6) is 0 Å². The minimum Gasteiger partial charge on any atom is -0.385 e. The second-order valence-corrected chi connectivity index (χ2v) is 16.5. The SMILES string of the molecule is CO[C@H]1O[C@H](CO[C@@H]2O[C@H](COCc3ccccc3)[C@@H](OCc3ccccc3)[C@H](OCc3ccccc3)[C@H]2O)[C@@H](OCc2ccccc2)[C@H](OCc2ccccc2)[C@H]1OCc1ccccc1. The Morgan fingerprint density at radius 1 is 0.348 bits per heavy atom. The average molecular weight is 897 g/mol. The molecule has 2 aliphatic heterocycles. The minimum absolute atomic E-state index is 0.0732. The number of hydrogen-bond donors (Lipinski definition) is 1. The third kappa shape index (κ3) is 13.5. The minimum atomic E-state index is -1.28. The van der Waals surface area contributed by atoms with E-state index in [0.29, 0.717) is 13.2 Å². The van der Waals surface area contributed by atoms with Crippen molar-refractivity contribution in [3.63, 3.8) is 0 Å². The Bertz CT molecular complexity index is 2220. The van der Waals surface area contributed by atoms with Crippen molar-refractivity contribution in [2.75, 3.05) is 20.3 Å². The molecule has 1 N–H and O–H groups in total. The van der Waals surface area contributed by atoms with E-state index in [1.807, 2.05) is 182 Å². The van der Waals surface area contributed by atoms with Gasteiger partial charge in [0.15, 0.2) is 12.6 Å².